The Bertz CT molecular complexity index is 976. The summed E-state index contributed by atoms with van der Waals surface area (Å²) < 4.78 is 1.94. The number of hydrogen-bond acceptors (Lipinski definition) is 2. The van der Waals surface area contributed by atoms with Gasteiger partial charge in [-0.25, -0.2) is 0 Å². The molecule has 5 nitrogen and oxygen atoms in total. The number of hydrogen-bond donors (Lipinski definition) is 1. The molecular weight excluding hydrogens is 326 g/mol. The molecule has 3 aromatic rings. The summed E-state index contributed by atoms with van der Waals surface area (Å²) in [5.74, 6) is 0.0508. The van der Waals surface area contributed by atoms with Gasteiger partial charge in [-0.3, -0.25) is 9.59 Å². The molecule has 2 heterocycles. The molecule has 0 radical (unpaired) electrons. The third-order valence-electron chi connectivity index (χ3n) is 5.07. The first kappa shape index (κ1) is 16.4. The van der Waals surface area contributed by atoms with Crippen LogP contribution in [0, 0.1) is 0 Å². The van der Waals surface area contributed by atoms with Crippen LogP contribution in [-0.4, -0.2) is 30.0 Å². The summed E-state index contributed by atoms with van der Waals surface area (Å²) >= 11 is 0. The van der Waals surface area contributed by atoms with Crippen LogP contribution in [0.5, 0.6) is 0 Å². The number of benzene rings is 2. The summed E-state index contributed by atoms with van der Waals surface area (Å²) in [6.07, 6.45) is 2.35. The van der Waals surface area contributed by atoms with E-state index in [2.05, 4.69) is 5.32 Å². The zero-order valence-electron chi connectivity index (χ0n) is 14.7. The third kappa shape index (κ3) is 2.96. The predicted molar refractivity (Wildman–Crippen MR) is 102 cm³/mol. The molecule has 1 aromatic heterocycles. The Morgan fingerprint density at radius 2 is 1.88 bits per heavy atom. The SMILES string of the molecule is CN1C(=O)C[C@H](CNC(=O)Cn2ccc3ccccc32)c2ccccc21. The molecule has 132 valence electrons. The average Bonchev–Trinajstić information content (AvgIpc) is 3.06. The van der Waals surface area contributed by atoms with Gasteiger partial charge in [-0.05, 0) is 29.1 Å². The smallest absolute Gasteiger partial charge is 0.239 e. The number of para-hydroxylation sites is 2. The molecule has 1 aliphatic rings. The summed E-state index contributed by atoms with van der Waals surface area (Å²) in [7, 11) is 1.80. The highest BCUT2D eigenvalue weighted by atomic mass is 16.2. The number of aromatic nitrogens is 1. The van der Waals surface area contributed by atoms with Gasteiger partial charge in [0.25, 0.3) is 0 Å². The van der Waals surface area contributed by atoms with E-state index >= 15 is 0 Å². The van der Waals surface area contributed by atoms with Crippen LogP contribution in [0.2, 0.25) is 0 Å². The quantitative estimate of drug-likeness (QED) is 0.789. The fourth-order valence-electron chi connectivity index (χ4n) is 3.64. The summed E-state index contributed by atoms with van der Waals surface area (Å²) in [6, 6.07) is 17.9. The minimum Gasteiger partial charge on any atom is -0.354 e. The molecule has 4 rings (SSSR count). The molecule has 2 aromatic carbocycles. The Kier molecular flexibility index (Phi) is 4.21. The van der Waals surface area contributed by atoms with E-state index in [0.717, 1.165) is 22.2 Å². The Morgan fingerprint density at radius 1 is 1.12 bits per heavy atom. The van der Waals surface area contributed by atoms with Crippen LogP contribution >= 0.6 is 0 Å². The van der Waals surface area contributed by atoms with E-state index in [1.54, 1.807) is 11.9 Å². The molecule has 1 aliphatic heterocycles. The second-order valence-electron chi connectivity index (χ2n) is 6.72. The highest BCUT2D eigenvalue weighted by Gasteiger charge is 2.28. The average molecular weight is 347 g/mol. The standard InChI is InChI=1S/C21H21N3O2/c1-23-19-9-5-3-7-17(19)16(12-21(23)26)13-22-20(25)14-24-11-10-15-6-2-4-8-18(15)24/h2-11,16H,12-14H2,1H3,(H,22,25)/t16-/m1/s1. The molecule has 1 atom stereocenters. The van der Waals surface area contributed by atoms with Gasteiger partial charge in [0, 0.05) is 43.3 Å². The number of carbonyl (C=O) groups excluding carboxylic acids is 2. The first-order valence-electron chi connectivity index (χ1n) is 8.79. The number of anilines is 1. The van der Waals surface area contributed by atoms with Crippen molar-refractivity contribution in [3.05, 3.63) is 66.4 Å². The van der Waals surface area contributed by atoms with Crippen molar-refractivity contribution in [2.24, 2.45) is 0 Å². The van der Waals surface area contributed by atoms with Gasteiger partial charge in [0.2, 0.25) is 11.8 Å². The first-order chi connectivity index (χ1) is 12.6. The van der Waals surface area contributed by atoms with Crippen molar-refractivity contribution in [3.8, 4) is 0 Å². The van der Waals surface area contributed by atoms with E-state index in [-0.39, 0.29) is 24.3 Å². The number of rotatable bonds is 4. The van der Waals surface area contributed by atoms with E-state index in [4.69, 9.17) is 0 Å². The molecule has 2 amide bonds. The first-order valence-corrected chi connectivity index (χ1v) is 8.79. The van der Waals surface area contributed by atoms with E-state index in [1.165, 1.54) is 0 Å². The molecule has 1 N–H and O–H groups in total. The van der Waals surface area contributed by atoms with Crippen LogP contribution in [0.15, 0.2) is 60.8 Å². The lowest BCUT2D eigenvalue weighted by Crippen LogP contribution is -2.38. The maximum absolute atomic E-state index is 12.4. The minimum absolute atomic E-state index is 0.0141. The molecular formula is C21H21N3O2. The normalized spacial score (nSPS) is 16.6. The van der Waals surface area contributed by atoms with Gasteiger partial charge in [0.05, 0.1) is 0 Å². The van der Waals surface area contributed by atoms with Crippen LogP contribution < -0.4 is 10.2 Å². The number of amides is 2. The summed E-state index contributed by atoms with van der Waals surface area (Å²) in [5, 5.41) is 4.12. The molecule has 0 saturated carbocycles. The zero-order valence-corrected chi connectivity index (χ0v) is 14.7. The molecule has 0 spiro atoms. The predicted octanol–water partition coefficient (Wildman–Crippen LogP) is 2.91. The lowest BCUT2D eigenvalue weighted by atomic mass is 9.89. The fraction of sp³-hybridized carbons (Fsp3) is 0.238. The summed E-state index contributed by atoms with van der Waals surface area (Å²) in [6.45, 7) is 0.740. The van der Waals surface area contributed by atoms with Crippen molar-refractivity contribution < 1.29 is 9.59 Å². The third-order valence-corrected chi connectivity index (χ3v) is 5.07. The molecule has 0 saturated heterocycles. The van der Waals surface area contributed by atoms with E-state index in [1.807, 2.05) is 65.4 Å². The van der Waals surface area contributed by atoms with Gasteiger partial charge in [-0.15, -0.1) is 0 Å². The zero-order chi connectivity index (χ0) is 18.1. The molecule has 0 bridgehead atoms. The molecule has 0 unspecified atom stereocenters. The maximum Gasteiger partial charge on any atom is 0.239 e. The Morgan fingerprint density at radius 3 is 2.77 bits per heavy atom. The van der Waals surface area contributed by atoms with Crippen LogP contribution in [0.25, 0.3) is 10.9 Å². The van der Waals surface area contributed by atoms with Crippen molar-refractivity contribution in [1.82, 2.24) is 9.88 Å². The van der Waals surface area contributed by atoms with Crippen LogP contribution in [-0.2, 0) is 16.1 Å². The van der Waals surface area contributed by atoms with Gasteiger partial charge < -0.3 is 14.8 Å². The molecule has 0 fully saturated rings. The number of nitrogens with zero attached hydrogens (tertiary/aromatic N) is 2. The van der Waals surface area contributed by atoms with Gasteiger partial charge in [0.1, 0.15) is 6.54 Å². The van der Waals surface area contributed by atoms with Gasteiger partial charge >= 0.3 is 0 Å². The maximum atomic E-state index is 12.4. The van der Waals surface area contributed by atoms with Crippen LogP contribution in [0.4, 0.5) is 5.69 Å². The van der Waals surface area contributed by atoms with Crippen molar-refractivity contribution in [3.63, 3.8) is 0 Å². The van der Waals surface area contributed by atoms with E-state index in [9.17, 15) is 9.59 Å². The largest absolute Gasteiger partial charge is 0.354 e. The lowest BCUT2D eigenvalue weighted by Gasteiger charge is -2.31. The van der Waals surface area contributed by atoms with Crippen molar-refractivity contribution >= 4 is 28.4 Å². The highest BCUT2D eigenvalue weighted by molar-refractivity contribution is 5.96. The second kappa shape index (κ2) is 6.67. The summed E-state index contributed by atoms with van der Waals surface area (Å²) in [5.41, 5.74) is 3.09. The van der Waals surface area contributed by atoms with Gasteiger partial charge in [-0.2, -0.15) is 0 Å². The van der Waals surface area contributed by atoms with Crippen LogP contribution in [0.3, 0.4) is 0 Å². The van der Waals surface area contributed by atoms with Crippen molar-refractivity contribution in [2.45, 2.75) is 18.9 Å². The second-order valence-corrected chi connectivity index (χ2v) is 6.72. The molecule has 26 heavy (non-hydrogen) atoms. The number of fused-ring (bicyclic) bond motifs is 2. The van der Waals surface area contributed by atoms with Gasteiger partial charge in [-0.1, -0.05) is 36.4 Å². The Balaban J connectivity index is 1.45. The lowest BCUT2D eigenvalue weighted by molar-refractivity contribution is -0.122. The highest BCUT2D eigenvalue weighted by Crippen LogP contribution is 2.34. The minimum atomic E-state index is -0.0461. The van der Waals surface area contributed by atoms with Gasteiger partial charge in [0.15, 0.2) is 0 Å². The summed E-state index contributed by atoms with van der Waals surface area (Å²) in [4.78, 5) is 26.3. The Hall–Kier alpha value is -3.08. The van der Waals surface area contributed by atoms with Crippen molar-refractivity contribution in [1.29, 1.82) is 0 Å². The van der Waals surface area contributed by atoms with Crippen LogP contribution in [0.1, 0.15) is 17.9 Å². The molecule has 5 heteroatoms. The number of carbonyl (C=O) groups is 2. The van der Waals surface area contributed by atoms with Crippen molar-refractivity contribution in [2.75, 3.05) is 18.5 Å². The van der Waals surface area contributed by atoms with E-state index < -0.39 is 0 Å². The Labute approximate surface area is 152 Å². The topological polar surface area (TPSA) is 54.3 Å². The fourth-order valence-corrected chi connectivity index (χ4v) is 3.64. The number of nitrogens with one attached hydrogen (secondary N) is 1. The van der Waals surface area contributed by atoms with E-state index in [0.29, 0.717) is 13.0 Å². The molecule has 0 aliphatic carbocycles. The monoisotopic (exact) mass is 347 g/mol.